The number of halogens is 1. The Labute approximate surface area is 124 Å². The van der Waals surface area contributed by atoms with Crippen molar-refractivity contribution in [3.63, 3.8) is 0 Å². The highest BCUT2D eigenvalue weighted by molar-refractivity contribution is 9.10. The minimum Gasteiger partial charge on any atom is -0.493 e. The average molecular weight is 343 g/mol. The van der Waals surface area contributed by atoms with Gasteiger partial charge in [-0.1, -0.05) is 6.07 Å². The predicted octanol–water partition coefficient (Wildman–Crippen LogP) is 4.15. The van der Waals surface area contributed by atoms with E-state index in [9.17, 15) is 5.11 Å². The van der Waals surface area contributed by atoms with Gasteiger partial charge < -0.3 is 14.6 Å². The Morgan fingerprint density at radius 3 is 2.68 bits per heavy atom. The fourth-order valence-electron chi connectivity index (χ4n) is 1.63. The van der Waals surface area contributed by atoms with Crippen LogP contribution in [0.1, 0.15) is 23.5 Å². The lowest BCUT2D eigenvalue weighted by molar-refractivity contribution is 0.198. The van der Waals surface area contributed by atoms with Crippen molar-refractivity contribution in [1.82, 2.24) is 0 Å². The van der Waals surface area contributed by atoms with E-state index in [0.29, 0.717) is 18.1 Å². The lowest BCUT2D eigenvalue weighted by Crippen LogP contribution is -1.98. The fraction of sp³-hybridized carbons (Fsp3) is 0.286. The summed E-state index contributed by atoms with van der Waals surface area (Å²) in [5.74, 6) is 1.30. The molecule has 0 saturated heterocycles. The van der Waals surface area contributed by atoms with Crippen molar-refractivity contribution in [3.05, 3.63) is 44.6 Å². The second-order valence-electron chi connectivity index (χ2n) is 4.07. The summed E-state index contributed by atoms with van der Waals surface area (Å²) in [7, 11) is 1.59. The lowest BCUT2D eigenvalue weighted by Gasteiger charge is -2.13. The van der Waals surface area contributed by atoms with Gasteiger partial charge in [0.25, 0.3) is 0 Å². The van der Waals surface area contributed by atoms with Crippen LogP contribution in [0.15, 0.2) is 34.1 Å². The van der Waals surface area contributed by atoms with Gasteiger partial charge in [-0.15, -0.1) is 11.3 Å². The summed E-state index contributed by atoms with van der Waals surface area (Å²) in [5, 5.41) is 11.6. The largest absolute Gasteiger partial charge is 0.493 e. The number of thiophene rings is 1. The van der Waals surface area contributed by atoms with Crippen LogP contribution in [0.25, 0.3) is 0 Å². The Hall–Kier alpha value is -1.04. The first-order chi connectivity index (χ1) is 9.11. The smallest absolute Gasteiger partial charge is 0.161 e. The zero-order valence-corrected chi connectivity index (χ0v) is 13.1. The van der Waals surface area contributed by atoms with Gasteiger partial charge in [-0.25, -0.2) is 0 Å². The summed E-state index contributed by atoms with van der Waals surface area (Å²) < 4.78 is 12.1. The van der Waals surface area contributed by atoms with Crippen molar-refractivity contribution in [2.24, 2.45) is 0 Å². The normalized spacial score (nSPS) is 12.2. The molecule has 0 unspecified atom stereocenters. The lowest BCUT2D eigenvalue weighted by atomic mass is 10.1. The highest BCUT2D eigenvalue weighted by Crippen LogP contribution is 2.32. The Bertz CT molecular complexity index is 551. The van der Waals surface area contributed by atoms with E-state index in [1.807, 2.05) is 23.6 Å². The summed E-state index contributed by atoms with van der Waals surface area (Å²) in [5.41, 5.74) is 0.807. The molecular weight excluding hydrogens is 328 g/mol. The molecule has 102 valence electrons. The molecule has 1 N–H and O–H groups in total. The highest BCUT2D eigenvalue weighted by atomic mass is 79.9. The van der Waals surface area contributed by atoms with Gasteiger partial charge >= 0.3 is 0 Å². The Balaban J connectivity index is 2.14. The van der Waals surface area contributed by atoms with E-state index in [0.717, 1.165) is 14.9 Å². The van der Waals surface area contributed by atoms with E-state index in [1.165, 1.54) is 0 Å². The van der Waals surface area contributed by atoms with Crippen molar-refractivity contribution < 1.29 is 14.6 Å². The first-order valence-corrected chi connectivity index (χ1v) is 7.49. The molecule has 1 aromatic carbocycles. The van der Waals surface area contributed by atoms with Crippen LogP contribution in [0.3, 0.4) is 0 Å². The van der Waals surface area contributed by atoms with Gasteiger partial charge in [-0.2, -0.15) is 0 Å². The number of hydrogen-bond donors (Lipinski definition) is 1. The number of methoxy groups -OCH3 is 1. The van der Waals surface area contributed by atoms with E-state index < -0.39 is 6.10 Å². The molecule has 0 aliphatic heterocycles. The molecular formula is C14H15BrO3S. The second-order valence-corrected chi connectivity index (χ2v) is 5.92. The number of aliphatic hydroxyl groups excluding tert-OH is 1. The molecule has 1 heterocycles. The molecule has 0 aliphatic rings. The molecule has 0 bridgehead atoms. The molecule has 0 amide bonds. The predicted molar refractivity (Wildman–Crippen MR) is 80.0 cm³/mol. The van der Waals surface area contributed by atoms with E-state index in [2.05, 4.69) is 15.9 Å². The molecule has 1 aromatic heterocycles. The number of aliphatic hydroxyl groups is 1. The monoisotopic (exact) mass is 342 g/mol. The molecule has 2 aromatic rings. The van der Waals surface area contributed by atoms with E-state index >= 15 is 0 Å². The van der Waals surface area contributed by atoms with Crippen molar-refractivity contribution >= 4 is 27.3 Å². The number of rotatable bonds is 5. The Morgan fingerprint density at radius 2 is 2.11 bits per heavy atom. The summed E-state index contributed by atoms with van der Waals surface area (Å²) >= 11 is 5.11. The third-order valence-electron chi connectivity index (χ3n) is 2.72. The molecule has 3 nitrogen and oxygen atoms in total. The minimum atomic E-state index is -0.519. The van der Waals surface area contributed by atoms with Gasteiger partial charge in [0.2, 0.25) is 0 Å². The summed E-state index contributed by atoms with van der Waals surface area (Å²) in [6, 6.07) is 7.45. The first-order valence-electron chi connectivity index (χ1n) is 5.82. The number of benzene rings is 1. The van der Waals surface area contributed by atoms with Crippen LogP contribution in [0.5, 0.6) is 11.5 Å². The SMILES string of the molecule is COc1cc([C@@H](C)O)ccc1OCc1sccc1Br. The van der Waals surface area contributed by atoms with Gasteiger partial charge in [-0.05, 0) is 52.0 Å². The van der Waals surface area contributed by atoms with Gasteiger partial charge in [-0.3, -0.25) is 0 Å². The van der Waals surface area contributed by atoms with Crippen molar-refractivity contribution in [1.29, 1.82) is 0 Å². The van der Waals surface area contributed by atoms with Crippen LogP contribution < -0.4 is 9.47 Å². The Kier molecular flexibility index (Phi) is 4.85. The van der Waals surface area contributed by atoms with Crippen molar-refractivity contribution in [3.8, 4) is 11.5 Å². The topological polar surface area (TPSA) is 38.7 Å². The van der Waals surface area contributed by atoms with Crippen LogP contribution in [-0.2, 0) is 6.61 Å². The van der Waals surface area contributed by atoms with Gasteiger partial charge in [0, 0.05) is 4.47 Å². The summed E-state index contributed by atoms with van der Waals surface area (Å²) in [4.78, 5) is 1.13. The molecule has 19 heavy (non-hydrogen) atoms. The fourth-order valence-corrected chi connectivity index (χ4v) is 3.01. The molecule has 0 aliphatic carbocycles. The third-order valence-corrected chi connectivity index (χ3v) is 4.62. The van der Waals surface area contributed by atoms with E-state index in [4.69, 9.17) is 9.47 Å². The number of hydrogen-bond acceptors (Lipinski definition) is 4. The van der Waals surface area contributed by atoms with E-state index in [-0.39, 0.29) is 0 Å². The molecule has 5 heteroatoms. The summed E-state index contributed by atoms with van der Waals surface area (Å²) in [6.07, 6.45) is -0.519. The third kappa shape index (κ3) is 3.49. The molecule has 0 saturated carbocycles. The van der Waals surface area contributed by atoms with E-state index in [1.54, 1.807) is 31.4 Å². The second kappa shape index (κ2) is 6.41. The molecule has 0 fully saturated rings. The molecule has 2 rings (SSSR count). The zero-order valence-electron chi connectivity index (χ0n) is 10.7. The van der Waals surface area contributed by atoms with Crippen LogP contribution >= 0.6 is 27.3 Å². The maximum Gasteiger partial charge on any atom is 0.161 e. The van der Waals surface area contributed by atoms with Gasteiger partial charge in [0.1, 0.15) is 6.61 Å². The molecule has 0 spiro atoms. The standard InChI is InChI=1S/C14H15BrO3S/c1-9(16)10-3-4-12(13(7-10)17-2)18-8-14-11(15)5-6-19-14/h3-7,9,16H,8H2,1-2H3/t9-/m1/s1. The number of ether oxygens (including phenoxy) is 2. The van der Waals surface area contributed by atoms with Crippen molar-refractivity contribution in [2.45, 2.75) is 19.6 Å². The summed E-state index contributed by atoms with van der Waals surface area (Å²) in [6.45, 7) is 2.21. The van der Waals surface area contributed by atoms with Crippen LogP contribution in [0.2, 0.25) is 0 Å². The van der Waals surface area contributed by atoms with Crippen LogP contribution in [0, 0.1) is 0 Å². The maximum atomic E-state index is 9.55. The Morgan fingerprint density at radius 1 is 1.32 bits per heavy atom. The highest BCUT2D eigenvalue weighted by Gasteiger charge is 2.10. The van der Waals surface area contributed by atoms with Gasteiger partial charge in [0.05, 0.1) is 18.1 Å². The minimum absolute atomic E-state index is 0.489. The maximum absolute atomic E-state index is 9.55. The van der Waals surface area contributed by atoms with Crippen LogP contribution in [0.4, 0.5) is 0 Å². The quantitative estimate of drug-likeness (QED) is 0.886. The zero-order chi connectivity index (χ0) is 13.8. The van der Waals surface area contributed by atoms with Gasteiger partial charge in [0.15, 0.2) is 11.5 Å². The molecule has 0 radical (unpaired) electrons. The van der Waals surface area contributed by atoms with Crippen molar-refractivity contribution in [2.75, 3.05) is 7.11 Å². The first kappa shape index (κ1) is 14.4. The van der Waals surface area contributed by atoms with Crippen LogP contribution in [-0.4, -0.2) is 12.2 Å². The molecule has 1 atom stereocenters. The average Bonchev–Trinajstić information content (AvgIpc) is 2.81.